The summed E-state index contributed by atoms with van der Waals surface area (Å²) >= 11 is 0. The maximum Gasteiger partial charge on any atom is 0.308 e. The number of nitrogens with one attached hydrogen (secondary N) is 1. The number of amides is 2. The first-order valence-electron chi connectivity index (χ1n) is 10.4. The van der Waals surface area contributed by atoms with Crippen LogP contribution in [0.2, 0.25) is 0 Å². The van der Waals surface area contributed by atoms with Gasteiger partial charge in [0.05, 0.1) is 12.1 Å². The van der Waals surface area contributed by atoms with Gasteiger partial charge >= 0.3 is 5.97 Å². The fourth-order valence-electron chi connectivity index (χ4n) is 4.00. The van der Waals surface area contributed by atoms with Gasteiger partial charge in [-0.05, 0) is 37.3 Å². The highest BCUT2D eigenvalue weighted by Gasteiger charge is 2.30. The molecule has 0 aromatic heterocycles. The van der Waals surface area contributed by atoms with Crippen LogP contribution >= 0.6 is 0 Å². The SMILES string of the molecule is C[C@@H]1[C@H](C)CCC[C@H]1NC(=O)[C@@H](C)OC(=O)CCN1C(=O)COc2ccccc21. The number of hydrogen-bond donors (Lipinski definition) is 1. The van der Waals surface area contributed by atoms with E-state index in [0.717, 1.165) is 12.8 Å². The zero-order valence-electron chi connectivity index (χ0n) is 17.3. The van der Waals surface area contributed by atoms with Crippen molar-refractivity contribution in [3.63, 3.8) is 0 Å². The highest BCUT2D eigenvalue weighted by Crippen LogP contribution is 2.31. The molecule has 0 bridgehead atoms. The summed E-state index contributed by atoms with van der Waals surface area (Å²) in [6.07, 6.45) is 2.38. The van der Waals surface area contributed by atoms with Crippen molar-refractivity contribution in [2.24, 2.45) is 11.8 Å². The zero-order chi connectivity index (χ0) is 21.0. The Balaban J connectivity index is 1.49. The van der Waals surface area contributed by atoms with Crippen LogP contribution in [-0.4, -0.2) is 43.1 Å². The molecule has 0 spiro atoms. The van der Waals surface area contributed by atoms with Crippen LogP contribution < -0.4 is 15.0 Å². The van der Waals surface area contributed by atoms with Crippen molar-refractivity contribution >= 4 is 23.5 Å². The molecule has 7 nitrogen and oxygen atoms in total. The second kappa shape index (κ2) is 9.29. The third-order valence-electron chi connectivity index (χ3n) is 6.06. The number of rotatable bonds is 6. The van der Waals surface area contributed by atoms with Gasteiger partial charge in [-0.3, -0.25) is 14.4 Å². The van der Waals surface area contributed by atoms with E-state index in [1.165, 1.54) is 11.3 Å². The number of carbonyl (C=O) groups excluding carboxylic acids is 3. The van der Waals surface area contributed by atoms with E-state index in [1.807, 2.05) is 12.1 Å². The van der Waals surface area contributed by atoms with Crippen molar-refractivity contribution in [3.8, 4) is 5.75 Å². The normalized spacial score (nSPS) is 24.9. The maximum absolute atomic E-state index is 12.5. The van der Waals surface area contributed by atoms with Gasteiger partial charge in [-0.15, -0.1) is 0 Å². The van der Waals surface area contributed by atoms with Crippen molar-refractivity contribution in [1.82, 2.24) is 5.32 Å². The molecule has 2 amide bonds. The highest BCUT2D eigenvalue weighted by atomic mass is 16.5. The van der Waals surface area contributed by atoms with Crippen molar-refractivity contribution < 1.29 is 23.9 Å². The first-order valence-corrected chi connectivity index (χ1v) is 10.4. The number of carbonyl (C=O) groups is 3. The van der Waals surface area contributed by atoms with E-state index in [1.54, 1.807) is 19.1 Å². The molecule has 1 aliphatic heterocycles. The van der Waals surface area contributed by atoms with Gasteiger partial charge in [-0.25, -0.2) is 0 Å². The van der Waals surface area contributed by atoms with Crippen LogP contribution in [0, 0.1) is 11.8 Å². The monoisotopic (exact) mass is 402 g/mol. The third kappa shape index (κ3) is 5.08. The van der Waals surface area contributed by atoms with Crippen LogP contribution in [0.25, 0.3) is 0 Å². The summed E-state index contributed by atoms with van der Waals surface area (Å²) in [5.74, 6) is 0.613. The first-order chi connectivity index (χ1) is 13.9. The molecule has 0 unspecified atom stereocenters. The molecule has 1 heterocycles. The van der Waals surface area contributed by atoms with Gasteiger partial charge in [0.2, 0.25) is 0 Å². The summed E-state index contributed by atoms with van der Waals surface area (Å²) in [5.41, 5.74) is 0.641. The molecule has 0 radical (unpaired) electrons. The fraction of sp³-hybridized carbons (Fsp3) is 0.591. The number of esters is 1. The molecular weight excluding hydrogens is 372 g/mol. The van der Waals surface area contributed by atoms with Gasteiger partial charge in [0, 0.05) is 12.6 Å². The third-order valence-corrected chi connectivity index (χ3v) is 6.06. The fourth-order valence-corrected chi connectivity index (χ4v) is 4.00. The molecule has 3 rings (SSSR count). The molecule has 29 heavy (non-hydrogen) atoms. The second-order valence-corrected chi connectivity index (χ2v) is 8.07. The number of benzene rings is 1. The van der Waals surface area contributed by atoms with Crippen molar-refractivity contribution in [2.45, 2.75) is 58.6 Å². The first kappa shape index (κ1) is 21.1. The van der Waals surface area contributed by atoms with Crippen LogP contribution in [0.1, 0.15) is 46.5 Å². The summed E-state index contributed by atoms with van der Waals surface area (Å²) in [6.45, 7) is 6.08. The molecule has 2 aliphatic rings. The molecule has 1 fully saturated rings. The number of fused-ring (bicyclic) bond motifs is 1. The Kier molecular flexibility index (Phi) is 6.77. The Morgan fingerprint density at radius 3 is 2.83 bits per heavy atom. The maximum atomic E-state index is 12.5. The molecule has 0 saturated heterocycles. The Bertz CT molecular complexity index is 765. The molecule has 1 saturated carbocycles. The minimum Gasteiger partial charge on any atom is -0.482 e. The lowest BCUT2D eigenvalue weighted by molar-refractivity contribution is -0.155. The molecule has 158 valence electrons. The predicted molar refractivity (Wildman–Crippen MR) is 109 cm³/mol. The van der Waals surface area contributed by atoms with Crippen LogP contribution in [0.15, 0.2) is 24.3 Å². The summed E-state index contributed by atoms with van der Waals surface area (Å²) in [6, 6.07) is 7.32. The summed E-state index contributed by atoms with van der Waals surface area (Å²) < 4.78 is 10.7. The lowest BCUT2D eigenvalue weighted by Crippen LogP contribution is -2.47. The van der Waals surface area contributed by atoms with Crippen LogP contribution in [-0.2, 0) is 19.1 Å². The van der Waals surface area contributed by atoms with Crippen LogP contribution in [0.3, 0.4) is 0 Å². The summed E-state index contributed by atoms with van der Waals surface area (Å²) in [4.78, 5) is 38.4. The van der Waals surface area contributed by atoms with Gasteiger partial charge < -0.3 is 19.7 Å². The average Bonchev–Trinajstić information content (AvgIpc) is 2.70. The Hall–Kier alpha value is -2.57. The summed E-state index contributed by atoms with van der Waals surface area (Å²) in [5, 5.41) is 3.03. The number of hydrogen-bond acceptors (Lipinski definition) is 5. The Labute approximate surface area is 171 Å². The Morgan fingerprint density at radius 2 is 2.03 bits per heavy atom. The minimum absolute atomic E-state index is 0.00849. The number of anilines is 1. The number of ether oxygens (including phenoxy) is 2. The number of para-hydroxylation sites is 2. The van der Waals surface area contributed by atoms with Gasteiger partial charge in [0.1, 0.15) is 5.75 Å². The van der Waals surface area contributed by atoms with Gasteiger partial charge in [-0.1, -0.05) is 38.8 Å². The van der Waals surface area contributed by atoms with E-state index in [9.17, 15) is 14.4 Å². The largest absolute Gasteiger partial charge is 0.482 e. The molecule has 7 heteroatoms. The molecular formula is C22H30N2O5. The van der Waals surface area contributed by atoms with Crippen molar-refractivity contribution in [1.29, 1.82) is 0 Å². The van der Waals surface area contributed by atoms with Gasteiger partial charge in [0.25, 0.3) is 11.8 Å². The molecule has 1 aromatic rings. The van der Waals surface area contributed by atoms with E-state index in [2.05, 4.69) is 19.2 Å². The Morgan fingerprint density at radius 1 is 1.28 bits per heavy atom. The van der Waals surface area contributed by atoms with Crippen molar-refractivity contribution in [3.05, 3.63) is 24.3 Å². The number of nitrogens with zero attached hydrogens (tertiary/aromatic N) is 1. The molecule has 4 atom stereocenters. The lowest BCUT2D eigenvalue weighted by Gasteiger charge is -2.35. The zero-order valence-corrected chi connectivity index (χ0v) is 17.3. The van der Waals surface area contributed by atoms with Crippen molar-refractivity contribution in [2.75, 3.05) is 18.1 Å². The van der Waals surface area contributed by atoms with E-state index in [4.69, 9.17) is 9.47 Å². The quantitative estimate of drug-likeness (QED) is 0.740. The van der Waals surface area contributed by atoms with Crippen LogP contribution in [0.4, 0.5) is 5.69 Å². The average molecular weight is 402 g/mol. The highest BCUT2D eigenvalue weighted by molar-refractivity contribution is 5.98. The smallest absolute Gasteiger partial charge is 0.308 e. The second-order valence-electron chi connectivity index (χ2n) is 8.07. The minimum atomic E-state index is -0.861. The molecule has 1 aliphatic carbocycles. The topological polar surface area (TPSA) is 84.9 Å². The van der Waals surface area contributed by atoms with E-state index < -0.39 is 12.1 Å². The van der Waals surface area contributed by atoms with E-state index >= 15 is 0 Å². The van der Waals surface area contributed by atoms with E-state index in [0.29, 0.717) is 23.3 Å². The van der Waals surface area contributed by atoms with Gasteiger partial charge in [-0.2, -0.15) is 0 Å². The summed E-state index contributed by atoms with van der Waals surface area (Å²) in [7, 11) is 0. The van der Waals surface area contributed by atoms with Crippen LogP contribution in [0.5, 0.6) is 5.75 Å². The molecule has 1 aromatic carbocycles. The molecule has 1 N–H and O–H groups in total. The lowest BCUT2D eigenvalue weighted by atomic mass is 9.78. The predicted octanol–water partition coefficient (Wildman–Crippen LogP) is 2.67. The van der Waals surface area contributed by atoms with E-state index in [-0.39, 0.29) is 37.4 Å². The van der Waals surface area contributed by atoms with Gasteiger partial charge in [0.15, 0.2) is 12.7 Å². The standard InChI is InChI=1S/C22H30N2O5/c1-14-7-6-8-17(15(14)2)23-22(27)16(3)29-21(26)11-12-24-18-9-4-5-10-19(18)28-13-20(24)25/h4-5,9-10,14-17H,6-8,11-13H2,1-3H3,(H,23,27)/t14-,15-,16-,17-/m1/s1.